The second-order valence-electron chi connectivity index (χ2n) is 1.14. The van der Waals surface area contributed by atoms with E-state index in [1.807, 2.05) is 0 Å². The van der Waals surface area contributed by atoms with Crippen molar-refractivity contribution in [2.24, 2.45) is 0 Å². The Hall–Kier alpha value is 1.06. The summed E-state index contributed by atoms with van der Waals surface area (Å²) >= 11 is 0. The van der Waals surface area contributed by atoms with Gasteiger partial charge >= 0.3 is 0 Å². The predicted molar refractivity (Wildman–Crippen MR) is 25.4 cm³/mol. The molecule has 0 N–H and O–H groups in total. The predicted octanol–water partition coefficient (Wildman–Crippen LogP) is -0.781. The van der Waals surface area contributed by atoms with Gasteiger partial charge in [-0.05, 0) is 17.9 Å². The minimum absolute atomic E-state index is 0. The van der Waals surface area contributed by atoms with E-state index >= 15 is 0 Å². The zero-order valence-corrected chi connectivity index (χ0v) is 8.65. The summed E-state index contributed by atoms with van der Waals surface area (Å²) in [6, 6.07) is 0. The average molecular weight is 180 g/mol. The Morgan fingerprint density at radius 2 is 1.83 bits per heavy atom. The van der Waals surface area contributed by atoms with E-state index in [1.165, 1.54) is 0 Å². The summed E-state index contributed by atoms with van der Waals surface area (Å²) in [5.41, 5.74) is 0. The van der Waals surface area contributed by atoms with E-state index in [0.29, 0.717) is 6.10 Å². The molecule has 1 heterocycles. The van der Waals surface area contributed by atoms with E-state index in [9.17, 15) is 0 Å². The van der Waals surface area contributed by atoms with Crippen LogP contribution in [0.2, 0.25) is 0 Å². The topological polar surface area (TPSA) is 12.5 Å². The van der Waals surface area contributed by atoms with Gasteiger partial charge in [0, 0.05) is 26.2 Å². The molecule has 1 unspecified atom stereocenters. The van der Waals surface area contributed by atoms with E-state index in [1.54, 1.807) is 0 Å². The van der Waals surface area contributed by atoms with Crippen molar-refractivity contribution in [3.63, 3.8) is 0 Å². The summed E-state index contributed by atoms with van der Waals surface area (Å²) in [7, 11) is 0. The SMILES string of the molecule is CC1CO1.[SiH3].[Zr]. The molecule has 1 fully saturated rings. The molecule has 0 amide bonds. The standard InChI is InChI=1S/C3H6O.H3Si.Zr/c1-3-2-4-3;;/h3H,2H2,1H3;1H3;. The normalized spacial score (nSPS) is 26.5. The molecule has 1 atom stereocenters. The van der Waals surface area contributed by atoms with Gasteiger partial charge in [-0.15, -0.1) is 0 Å². The molecule has 1 aliphatic rings. The van der Waals surface area contributed by atoms with E-state index in [2.05, 4.69) is 6.92 Å². The van der Waals surface area contributed by atoms with Gasteiger partial charge in [-0.2, -0.15) is 0 Å². The van der Waals surface area contributed by atoms with E-state index < -0.39 is 0 Å². The molecule has 35 valence electrons. The zero-order valence-electron chi connectivity index (χ0n) is 4.19. The molecule has 1 saturated heterocycles. The van der Waals surface area contributed by atoms with Crippen LogP contribution in [-0.2, 0) is 30.9 Å². The minimum atomic E-state index is 0. The summed E-state index contributed by atoms with van der Waals surface area (Å²) < 4.78 is 4.71. The molecule has 3 heteroatoms. The van der Waals surface area contributed by atoms with Gasteiger partial charge in [0.2, 0.25) is 0 Å². The van der Waals surface area contributed by atoms with Crippen LogP contribution < -0.4 is 0 Å². The Morgan fingerprint density at radius 1 is 1.67 bits per heavy atom. The van der Waals surface area contributed by atoms with E-state index in [-0.39, 0.29) is 37.2 Å². The molecule has 1 rings (SSSR count). The van der Waals surface area contributed by atoms with E-state index in [4.69, 9.17) is 4.74 Å². The summed E-state index contributed by atoms with van der Waals surface area (Å²) in [6.07, 6.45) is 0.583. The van der Waals surface area contributed by atoms with Crippen molar-refractivity contribution >= 4 is 11.0 Å². The molecule has 0 aliphatic carbocycles. The summed E-state index contributed by atoms with van der Waals surface area (Å²) in [6.45, 7) is 3.04. The van der Waals surface area contributed by atoms with Crippen LogP contribution >= 0.6 is 0 Å². The Balaban J connectivity index is 0. The Kier molecular flexibility index (Phi) is 7.13. The smallest absolute Gasteiger partial charge is 0.0781 e. The van der Waals surface area contributed by atoms with Gasteiger partial charge in [-0.25, -0.2) is 0 Å². The maximum Gasteiger partial charge on any atom is 0.0781 e. The first-order valence-electron chi connectivity index (χ1n) is 1.51. The van der Waals surface area contributed by atoms with Crippen molar-refractivity contribution in [1.82, 2.24) is 0 Å². The minimum Gasteiger partial charge on any atom is -0.373 e. The third kappa shape index (κ3) is 5.06. The van der Waals surface area contributed by atoms with Gasteiger partial charge in [0.1, 0.15) is 0 Å². The van der Waals surface area contributed by atoms with Crippen LogP contribution in [0.3, 0.4) is 0 Å². The molecule has 0 bridgehead atoms. The third-order valence-electron chi connectivity index (χ3n) is 0.500. The fourth-order valence-electron chi connectivity index (χ4n) is 0.0962. The summed E-state index contributed by atoms with van der Waals surface area (Å²) in [4.78, 5) is 0. The number of hydrogen-bond donors (Lipinski definition) is 0. The van der Waals surface area contributed by atoms with Gasteiger partial charge in [-0.1, -0.05) is 0 Å². The van der Waals surface area contributed by atoms with Crippen molar-refractivity contribution in [2.75, 3.05) is 6.61 Å². The molecule has 0 saturated carbocycles. The third-order valence-corrected chi connectivity index (χ3v) is 0.500. The number of epoxide rings is 1. The fourth-order valence-corrected chi connectivity index (χ4v) is 0.0962. The van der Waals surface area contributed by atoms with Crippen molar-refractivity contribution in [3.05, 3.63) is 0 Å². The average Bonchev–Trinajstić information content (AvgIpc) is 1.75. The number of rotatable bonds is 0. The largest absolute Gasteiger partial charge is 0.373 e. The molecule has 0 aromatic carbocycles. The van der Waals surface area contributed by atoms with Crippen LogP contribution in [-0.4, -0.2) is 23.7 Å². The molecule has 1 aliphatic heterocycles. The van der Waals surface area contributed by atoms with Crippen LogP contribution in [0.4, 0.5) is 0 Å². The van der Waals surface area contributed by atoms with Crippen LogP contribution in [0.25, 0.3) is 0 Å². The molecule has 6 heavy (non-hydrogen) atoms. The second-order valence-corrected chi connectivity index (χ2v) is 1.14. The van der Waals surface area contributed by atoms with Crippen molar-refractivity contribution in [2.45, 2.75) is 13.0 Å². The second kappa shape index (κ2) is 4.23. The van der Waals surface area contributed by atoms with Gasteiger partial charge < -0.3 is 4.74 Å². The molecule has 0 spiro atoms. The molecule has 0 aromatic rings. The Morgan fingerprint density at radius 3 is 1.83 bits per heavy atom. The number of hydrogen-bond acceptors (Lipinski definition) is 1. The summed E-state index contributed by atoms with van der Waals surface area (Å²) in [5, 5.41) is 0. The Labute approximate surface area is 61.6 Å². The molecule has 0 aromatic heterocycles. The van der Waals surface area contributed by atoms with E-state index in [0.717, 1.165) is 6.61 Å². The molecular formula is C3H9OSiZr. The Bertz CT molecular complexity index is 30.0. The first-order chi connectivity index (χ1) is 1.89. The van der Waals surface area contributed by atoms with Gasteiger partial charge in [0.25, 0.3) is 0 Å². The first kappa shape index (κ1) is 10.1. The first-order valence-corrected chi connectivity index (χ1v) is 1.51. The summed E-state index contributed by atoms with van der Waals surface area (Å²) in [5.74, 6) is 0. The molecular weight excluding hydrogens is 171 g/mol. The zero-order chi connectivity index (χ0) is 2.99. The van der Waals surface area contributed by atoms with Crippen molar-refractivity contribution in [1.29, 1.82) is 0 Å². The van der Waals surface area contributed by atoms with Gasteiger partial charge in [0.05, 0.1) is 12.7 Å². The molecule has 1 radical (unpaired) electrons. The molecule has 1 nitrogen and oxygen atoms in total. The van der Waals surface area contributed by atoms with Crippen LogP contribution in [0.15, 0.2) is 0 Å². The quantitative estimate of drug-likeness (QED) is 0.352. The fraction of sp³-hybridized carbons (Fsp3) is 1.00. The maximum absolute atomic E-state index is 4.71. The van der Waals surface area contributed by atoms with Gasteiger partial charge in [-0.3, -0.25) is 0 Å². The van der Waals surface area contributed by atoms with Crippen LogP contribution in [0.1, 0.15) is 6.92 Å². The van der Waals surface area contributed by atoms with Gasteiger partial charge in [0.15, 0.2) is 0 Å². The van der Waals surface area contributed by atoms with Crippen LogP contribution in [0.5, 0.6) is 0 Å². The van der Waals surface area contributed by atoms with Crippen molar-refractivity contribution in [3.8, 4) is 0 Å². The van der Waals surface area contributed by atoms with Crippen LogP contribution in [0, 0.1) is 0 Å². The monoisotopic (exact) mass is 179 g/mol. The maximum atomic E-state index is 4.71. The number of ether oxygens (including phenoxy) is 1. The van der Waals surface area contributed by atoms with Crippen molar-refractivity contribution < 1.29 is 30.9 Å².